The van der Waals surface area contributed by atoms with Crippen LogP contribution in [0.5, 0.6) is 5.88 Å². The van der Waals surface area contributed by atoms with E-state index in [1.54, 1.807) is 12.1 Å². The Hall–Kier alpha value is -4.15. The van der Waals surface area contributed by atoms with E-state index in [1.807, 2.05) is 4.98 Å². The second kappa shape index (κ2) is 8.30. The molecule has 1 aromatic heterocycles. The van der Waals surface area contributed by atoms with E-state index in [1.165, 1.54) is 25.1 Å². The van der Waals surface area contributed by atoms with Crippen molar-refractivity contribution in [2.75, 3.05) is 5.32 Å². The lowest BCUT2D eigenvalue weighted by molar-refractivity contribution is -0.137. The molecule has 31 heavy (non-hydrogen) atoms. The van der Waals surface area contributed by atoms with Crippen LogP contribution in [0.15, 0.2) is 63.1 Å². The second-order valence-corrected chi connectivity index (χ2v) is 6.37. The van der Waals surface area contributed by atoms with Crippen molar-refractivity contribution in [3.05, 3.63) is 80.5 Å². The lowest BCUT2D eigenvalue weighted by Gasteiger charge is -2.12. The number of amides is 1. The summed E-state index contributed by atoms with van der Waals surface area (Å²) < 4.78 is 39.5. The number of hydrogen-bond acceptors (Lipinski definition) is 5. The van der Waals surface area contributed by atoms with E-state index in [0.29, 0.717) is 22.0 Å². The zero-order chi connectivity index (χ0) is 22.8. The molecular weight excluding hydrogens is 417 g/mol. The first-order valence-corrected chi connectivity index (χ1v) is 8.74. The number of anilines is 1. The van der Waals surface area contributed by atoms with Crippen LogP contribution in [0.1, 0.15) is 18.1 Å². The summed E-state index contributed by atoms with van der Waals surface area (Å²) in [6, 6.07) is 9.89. The van der Waals surface area contributed by atoms with Crippen molar-refractivity contribution in [3.8, 4) is 11.6 Å². The van der Waals surface area contributed by atoms with E-state index >= 15 is 0 Å². The van der Waals surface area contributed by atoms with Crippen LogP contribution in [0.3, 0.4) is 0 Å². The average molecular weight is 432 g/mol. The third-order valence-electron chi connectivity index (χ3n) is 4.08. The van der Waals surface area contributed by atoms with Crippen molar-refractivity contribution in [3.63, 3.8) is 0 Å². The highest BCUT2D eigenvalue weighted by molar-refractivity contribution is 5.89. The van der Waals surface area contributed by atoms with Crippen LogP contribution >= 0.6 is 0 Å². The van der Waals surface area contributed by atoms with Gasteiger partial charge in [-0.25, -0.2) is 9.36 Å². The Morgan fingerprint density at radius 1 is 1.16 bits per heavy atom. The van der Waals surface area contributed by atoms with E-state index in [-0.39, 0.29) is 11.6 Å². The van der Waals surface area contributed by atoms with Gasteiger partial charge in [0.2, 0.25) is 11.8 Å². The number of rotatable bonds is 4. The average Bonchev–Trinajstić information content (AvgIpc) is 2.68. The number of aromatic amines is 1. The van der Waals surface area contributed by atoms with Gasteiger partial charge in [0.25, 0.3) is 5.56 Å². The van der Waals surface area contributed by atoms with Gasteiger partial charge in [0.1, 0.15) is 5.56 Å². The molecule has 1 amide bonds. The van der Waals surface area contributed by atoms with Gasteiger partial charge in [0.15, 0.2) is 0 Å². The molecule has 160 valence electrons. The third kappa shape index (κ3) is 4.89. The quantitative estimate of drug-likeness (QED) is 0.550. The Morgan fingerprint density at radius 3 is 2.45 bits per heavy atom. The molecule has 0 saturated carbocycles. The standard InChI is InChI=1S/C20H15F3N4O4/c1-11(28)25-14-7-5-13(6-8-14)24-10-16-17(29)26-19(31)27(18(16)30)15-4-2-3-12(9-15)20(21,22)23/h2-10,30H,1H3,(H,25,28)(H,26,29,31). The van der Waals surface area contributed by atoms with E-state index in [0.717, 1.165) is 18.3 Å². The Labute approximate surface area is 172 Å². The Bertz CT molecular complexity index is 1280. The Morgan fingerprint density at radius 2 is 1.84 bits per heavy atom. The number of nitrogens with zero attached hydrogens (tertiary/aromatic N) is 2. The van der Waals surface area contributed by atoms with E-state index in [9.17, 15) is 32.7 Å². The number of aromatic hydroxyl groups is 1. The summed E-state index contributed by atoms with van der Waals surface area (Å²) in [6.07, 6.45) is -3.68. The molecule has 1 heterocycles. The van der Waals surface area contributed by atoms with Gasteiger partial charge in [-0.05, 0) is 42.5 Å². The second-order valence-electron chi connectivity index (χ2n) is 6.37. The predicted molar refractivity (Wildman–Crippen MR) is 107 cm³/mol. The smallest absolute Gasteiger partial charge is 0.416 e. The summed E-state index contributed by atoms with van der Waals surface area (Å²) in [5.41, 5.74) is -2.96. The first-order valence-electron chi connectivity index (χ1n) is 8.74. The maximum atomic E-state index is 13.0. The van der Waals surface area contributed by atoms with E-state index in [2.05, 4.69) is 10.3 Å². The van der Waals surface area contributed by atoms with Crippen LogP contribution in [0.2, 0.25) is 0 Å². The summed E-state index contributed by atoms with van der Waals surface area (Å²) in [4.78, 5) is 41.3. The number of nitrogens with one attached hydrogen (secondary N) is 2. The fourth-order valence-corrected chi connectivity index (χ4v) is 2.69. The number of aliphatic imine (C=N–C) groups is 1. The van der Waals surface area contributed by atoms with Gasteiger partial charge in [-0.1, -0.05) is 6.07 Å². The molecule has 0 saturated heterocycles. The minimum absolute atomic E-state index is 0.260. The SMILES string of the molecule is CC(=O)Nc1ccc(N=Cc2c(O)n(-c3cccc(C(F)(F)F)c3)c(=O)[nH]c2=O)cc1. The molecule has 2 aromatic carbocycles. The number of H-pyrrole nitrogens is 1. The molecule has 3 rings (SSSR count). The maximum absolute atomic E-state index is 13.0. The first-order chi connectivity index (χ1) is 14.6. The normalized spacial score (nSPS) is 11.6. The zero-order valence-electron chi connectivity index (χ0n) is 15.9. The van der Waals surface area contributed by atoms with Crippen LogP contribution < -0.4 is 16.6 Å². The van der Waals surface area contributed by atoms with Crippen LogP contribution in [0.25, 0.3) is 5.69 Å². The number of carbonyl (C=O) groups excluding carboxylic acids is 1. The first kappa shape index (κ1) is 21.6. The number of alkyl halides is 3. The van der Waals surface area contributed by atoms with Crippen LogP contribution in [-0.4, -0.2) is 26.8 Å². The number of carbonyl (C=O) groups is 1. The van der Waals surface area contributed by atoms with Gasteiger partial charge in [-0.2, -0.15) is 13.2 Å². The van der Waals surface area contributed by atoms with E-state index in [4.69, 9.17) is 0 Å². The van der Waals surface area contributed by atoms with Crippen molar-refractivity contribution in [2.45, 2.75) is 13.1 Å². The van der Waals surface area contributed by atoms with Gasteiger partial charge in [0, 0.05) is 18.8 Å². The summed E-state index contributed by atoms with van der Waals surface area (Å²) in [7, 11) is 0. The van der Waals surface area contributed by atoms with Gasteiger partial charge < -0.3 is 10.4 Å². The molecule has 0 aliphatic carbocycles. The number of hydrogen-bond donors (Lipinski definition) is 3. The molecule has 3 aromatic rings. The van der Waals surface area contributed by atoms with Gasteiger partial charge in [0.05, 0.1) is 16.9 Å². The number of aromatic nitrogens is 2. The largest absolute Gasteiger partial charge is 0.493 e. The van der Waals surface area contributed by atoms with Crippen molar-refractivity contribution >= 4 is 23.5 Å². The molecule has 0 fully saturated rings. The Kier molecular flexibility index (Phi) is 5.77. The van der Waals surface area contributed by atoms with Crippen molar-refractivity contribution in [1.29, 1.82) is 0 Å². The minimum Gasteiger partial charge on any atom is -0.493 e. The molecule has 11 heteroatoms. The summed E-state index contributed by atoms with van der Waals surface area (Å²) in [5, 5.41) is 13.0. The number of benzene rings is 2. The lowest BCUT2D eigenvalue weighted by Crippen LogP contribution is -2.31. The maximum Gasteiger partial charge on any atom is 0.416 e. The zero-order valence-corrected chi connectivity index (χ0v) is 15.9. The highest BCUT2D eigenvalue weighted by atomic mass is 19.4. The van der Waals surface area contributed by atoms with Gasteiger partial charge >= 0.3 is 11.9 Å². The van der Waals surface area contributed by atoms with Crippen molar-refractivity contribution in [1.82, 2.24) is 9.55 Å². The highest BCUT2D eigenvalue weighted by Crippen LogP contribution is 2.30. The highest BCUT2D eigenvalue weighted by Gasteiger charge is 2.31. The molecule has 3 N–H and O–H groups in total. The molecule has 0 atom stereocenters. The lowest BCUT2D eigenvalue weighted by atomic mass is 10.2. The fourth-order valence-electron chi connectivity index (χ4n) is 2.69. The van der Waals surface area contributed by atoms with Gasteiger partial charge in [-0.15, -0.1) is 0 Å². The van der Waals surface area contributed by atoms with E-state index < -0.39 is 34.4 Å². The third-order valence-corrected chi connectivity index (χ3v) is 4.08. The molecule has 0 unspecified atom stereocenters. The van der Waals surface area contributed by atoms with Crippen LogP contribution in [0, 0.1) is 0 Å². The van der Waals surface area contributed by atoms with Gasteiger partial charge in [-0.3, -0.25) is 19.6 Å². The fraction of sp³-hybridized carbons (Fsp3) is 0.100. The predicted octanol–water partition coefficient (Wildman–Crippen LogP) is 2.96. The summed E-state index contributed by atoms with van der Waals surface area (Å²) in [6.45, 7) is 1.35. The molecule has 0 aliphatic heterocycles. The van der Waals surface area contributed by atoms with Crippen LogP contribution in [0.4, 0.5) is 24.5 Å². The Balaban J connectivity index is 2.02. The molecular formula is C20H15F3N4O4. The van der Waals surface area contributed by atoms with Crippen LogP contribution in [-0.2, 0) is 11.0 Å². The monoisotopic (exact) mass is 432 g/mol. The van der Waals surface area contributed by atoms with Crippen molar-refractivity contribution in [2.24, 2.45) is 4.99 Å². The minimum atomic E-state index is -4.66. The molecule has 0 radical (unpaired) electrons. The molecule has 0 spiro atoms. The number of halogens is 3. The molecule has 0 bridgehead atoms. The molecule has 0 aliphatic rings. The topological polar surface area (TPSA) is 117 Å². The summed E-state index contributed by atoms with van der Waals surface area (Å²) in [5.74, 6) is -1.13. The van der Waals surface area contributed by atoms with Crippen molar-refractivity contribution < 1.29 is 23.1 Å². The molecule has 8 nitrogen and oxygen atoms in total. The summed E-state index contributed by atoms with van der Waals surface area (Å²) >= 11 is 0.